The fourth-order valence-electron chi connectivity index (χ4n) is 1.95. The van der Waals surface area contributed by atoms with Gasteiger partial charge in [-0.3, -0.25) is 4.79 Å². The topological polar surface area (TPSA) is 50.4 Å². The van der Waals surface area contributed by atoms with Crippen molar-refractivity contribution in [2.45, 2.75) is 19.8 Å². The van der Waals surface area contributed by atoms with Crippen molar-refractivity contribution in [3.05, 3.63) is 53.0 Å². The Balaban J connectivity index is 1.78. The maximum atomic E-state index is 11.9. The molecule has 0 unspecified atom stereocenters. The molecule has 4 nitrogen and oxygen atoms in total. The number of carbonyl (C=O) groups is 1. The van der Waals surface area contributed by atoms with Gasteiger partial charge in [0.2, 0.25) is 5.91 Å². The maximum absolute atomic E-state index is 11.9. The first-order valence-electron chi connectivity index (χ1n) is 7.69. The van der Waals surface area contributed by atoms with Crippen LogP contribution in [-0.2, 0) is 4.79 Å². The minimum Gasteiger partial charge on any atom is -0.494 e. The molecule has 122 valence electrons. The molecule has 0 saturated carbocycles. The molecule has 0 atom stereocenters. The van der Waals surface area contributed by atoms with Gasteiger partial charge in [0.15, 0.2) is 0 Å². The summed E-state index contributed by atoms with van der Waals surface area (Å²) in [7, 11) is 0. The van der Waals surface area contributed by atoms with E-state index in [2.05, 4.69) is 33.5 Å². The van der Waals surface area contributed by atoms with Crippen molar-refractivity contribution < 1.29 is 9.53 Å². The predicted octanol–water partition coefficient (Wildman–Crippen LogP) is 4.68. The number of nitrogens with one attached hydrogen (secondary N) is 2. The maximum Gasteiger partial charge on any atom is 0.243 e. The Morgan fingerprint density at radius 2 is 1.91 bits per heavy atom. The third-order valence-electron chi connectivity index (χ3n) is 3.18. The van der Waals surface area contributed by atoms with Gasteiger partial charge in [-0.25, -0.2) is 0 Å². The summed E-state index contributed by atoms with van der Waals surface area (Å²) < 4.78 is 6.57. The highest BCUT2D eigenvalue weighted by Gasteiger charge is 2.03. The Labute approximate surface area is 145 Å². The van der Waals surface area contributed by atoms with E-state index in [1.54, 1.807) is 0 Å². The van der Waals surface area contributed by atoms with Gasteiger partial charge in [-0.1, -0.05) is 35.3 Å². The molecule has 1 amide bonds. The lowest BCUT2D eigenvalue weighted by Crippen LogP contribution is -2.21. The number of anilines is 2. The summed E-state index contributed by atoms with van der Waals surface area (Å²) in [6.07, 6.45) is 2.15. The first kappa shape index (κ1) is 17.3. The predicted molar refractivity (Wildman–Crippen MR) is 98.1 cm³/mol. The summed E-state index contributed by atoms with van der Waals surface area (Å²) in [6.45, 7) is 3.06. The summed E-state index contributed by atoms with van der Waals surface area (Å²) >= 11 is 3.40. The molecule has 0 saturated heterocycles. The standard InChI is InChI=1S/C18H21BrN2O2/c1-2-3-11-23-17-9-7-15(8-10-17)21-18(22)13-20-16-6-4-5-14(19)12-16/h4-10,12,20H,2-3,11,13H2,1H3,(H,21,22). The molecule has 2 N–H and O–H groups in total. The van der Waals surface area contributed by atoms with E-state index in [9.17, 15) is 4.79 Å². The first-order valence-corrected chi connectivity index (χ1v) is 8.49. The Bertz CT molecular complexity index is 629. The van der Waals surface area contributed by atoms with Crippen molar-refractivity contribution in [2.75, 3.05) is 23.8 Å². The molecule has 0 heterocycles. The number of hydrogen-bond donors (Lipinski definition) is 2. The molecule has 0 bridgehead atoms. The van der Waals surface area contributed by atoms with E-state index in [0.29, 0.717) is 0 Å². The second-order valence-electron chi connectivity index (χ2n) is 5.14. The number of hydrogen-bond acceptors (Lipinski definition) is 3. The van der Waals surface area contributed by atoms with Crippen molar-refractivity contribution in [1.82, 2.24) is 0 Å². The third kappa shape index (κ3) is 6.32. The van der Waals surface area contributed by atoms with Crippen molar-refractivity contribution in [3.63, 3.8) is 0 Å². The van der Waals surface area contributed by atoms with E-state index in [-0.39, 0.29) is 12.5 Å². The average molecular weight is 377 g/mol. The van der Waals surface area contributed by atoms with Crippen LogP contribution in [0, 0.1) is 0 Å². The molecule has 5 heteroatoms. The normalized spacial score (nSPS) is 10.2. The summed E-state index contributed by atoms with van der Waals surface area (Å²) in [5.41, 5.74) is 1.66. The van der Waals surface area contributed by atoms with Gasteiger partial charge in [0, 0.05) is 15.8 Å². The zero-order chi connectivity index (χ0) is 16.5. The van der Waals surface area contributed by atoms with Gasteiger partial charge in [0.25, 0.3) is 0 Å². The van der Waals surface area contributed by atoms with E-state index in [1.807, 2.05) is 48.5 Å². The van der Waals surface area contributed by atoms with Gasteiger partial charge in [0.05, 0.1) is 13.2 Å². The lowest BCUT2D eigenvalue weighted by molar-refractivity contribution is -0.114. The molecule has 0 fully saturated rings. The van der Waals surface area contributed by atoms with E-state index in [0.717, 1.165) is 41.0 Å². The van der Waals surface area contributed by atoms with E-state index < -0.39 is 0 Å². The van der Waals surface area contributed by atoms with Crippen molar-refractivity contribution in [3.8, 4) is 5.75 Å². The number of rotatable bonds is 8. The molecule has 0 aliphatic carbocycles. The van der Waals surface area contributed by atoms with Crippen LogP contribution in [0.2, 0.25) is 0 Å². The van der Waals surface area contributed by atoms with Crippen LogP contribution in [0.1, 0.15) is 19.8 Å². The summed E-state index contributed by atoms with van der Waals surface area (Å²) in [5, 5.41) is 5.94. The Morgan fingerprint density at radius 3 is 2.61 bits per heavy atom. The quantitative estimate of drug-likeness (QED) is 0.657. The first-order chi connectivity index (χ1) is 11.2. The SMILES string of the molecule is CCCCOc1ccc(NC(=O)CNc2cccc(Br)c2)cc1. The molecule has 0 aromatic heterocycles. The van der Waals surface area contributed by atoms with Crippen LogP contribution < -0.4 is 15.4 Å². The summed E-state index contributed by atoms with van der Waals surface area (Å²) in [5.74, 6) is 0.730. The molecule has 2 aromatic carbocycles. The number of ether oxygens (including phenoxy) is 1. The number of halogens is 1. The van der Waals surface area contributed by atoms with Crippen LogP contribution in [0.25, 0.3) is 0 Å². The van der Waals surface area contributed by atoms with Crippen molar-refractivity contribution in [1.29, 1.82) is 0 Å². The van der Waals surface area contributed by atoms with E-state index in [1.165, 1.54) is 0 Å². The monoisotopic (exact) mass is 376 g/mol. The minimum absolute atomic E-state index is 0.0929. The lowest BCUT2D eigenvalue weighted by atomic mass is 10.3. The van der Waals surface area contributed by atoms with Gasteiger partial charge >= 0.3 is 0 Å². The Morgan fingerprint density at radius 1 is 1.13 bits per heavy atom. The molecule has 2 rings (SSSR count). The molecule has 23 heavy (non-hydrogen) atoms. The highest BCUT2D eigenvalue weighted by atomic mass is 79.9. The van der Waals surface area contributed by atoms with Crippen LogP contribution in [0.15, 0.2) is 53.0 Å². The number of unbranched alkanes of at least 4 members (excludes halogenated alkanes) is 1. The number of benzene rings is 2. The zero-order valence-corrected chi connectivity index (χ0v) is 14.7. The Hall–Kier alpha value is -2.01. The molecule has 2 aromatic rings. The zero-order valence-electron chi connectivity index (χ0n) is 13.1. The smallest absolute Gasteiger partial charge is 0.243 e. The van der Waals surface area contributed by atoms with Crippen LogP contribution in [-0.4, -0.2) is 19.1 Å². The molecule has 0 radical (unpaired) electrons. The highest BCUT2D eigenvalue weighted by Crippen LogP contribution is 2.17. The second-order valence-corrected chi connectivity index (χ2v) is 6.05. The van der Waals surface area contributed by atoms with Gasteiger partial charge < -0.3 is 15.4 Å². The summed E-state index contributed by atoms with van der Waals surface area (Å²) in [4.78, 5) is 11.9. The third-order valence-corrected chi connectivity index (χ3v) is 3.68. The van der Waals surface area contributed by atoms with Crippen LogP contribution in [0.3, 0.4) is 0 Å². The van der Waals surface area contributed by atoms with Gasteiger partial charge in [-0.05, 0) is 48.9 Å². The fraction of sp³-hybridized carbons (Fsp3) is 0.278. The largest absolute Gasteiger partial charge is 0.494 e. The molecular formula is C18H21BrN2O2. The molecule has 0 aliphatic heterocycles. The Kier molecular flexibility index (Phi) is 6.94. The lowest BCUT2D eigenvalue weighted by Gasteiger charge is -2.09. The van der Waals surface area contributed by atoms with Gasteiger partial charge in [-0.2, -0.15) is 0 Å². The average Bonchev–Trinajstić information content (AvgIpc) is 2.55. The van der Waals surface area contributed by atoms with Gasteiger partial charge in [0.1, 0.15) is 5.75 Å². The van der Waals surface area contributed by atoms with Crippen molar-refractivity contribution >= 4 is 33.2 Å². The van der Waals surface area contributed by atoms with Gasteiger partial charge in [-0.15, -0.1) is 0 Å². The van der Waals surface area contributed by atoms with Crippen LogP contribution in [0.5, 0.6) is 5.75 Å². The molecular weight excluding hydrogens is 356 g/mol. The summed E-state index contributed by atoms with van der Waals surface area (Å²) in [6, 6.07) is 15.1. The second kappa shape index (κ2) is 9.20. The molecule has 0 aliphatic rings. The minimum atomic E-state index is -0.0929. The van der Waals surface area contributed by atoms with Crippen LogP contribution >= 0.6 is 15.9 Å². The van der Waals surface area contributed by atoms with E-state index in [4.69, 9.17) is 4.74 Å². The van der Waals surface area contributed by atoms with Crippen LogP contribution in [0.4, 0.5) is 11.4 Å². The van der Waals surface area contributed by atoms with E-state index >= 15 is 0 Å². The van der Waals surface area contributed by atoms with Crippen molar-refractivity contribution in [2.24, 2.45) is 0 Å². The number of amides is 1. The molecule has 0 spiro atoms. The highest BCUT2D eigenvalue weighted by molar-refractivity contribution is 9.10. The number of carbonyl (C=O) groups excluding carboxylic acids is 1. The fourth-order valence-corrected chi connectivity index (χ4v) is 2.35.